The van der Waals surface area contributed by atoms with Crippen molar-refractivity contribution in [1.82, 2.24) is 14.5 Å². The average Bonchev–Trinajstić information content (AvgIpc) is 2.83. The lowest BCUT2D eigenvalue weighted by Crippen LogP contribution is -2.28. The van der Waals surface area contributed by atoms with E-state index in [1.54, 1.807) is 22.8 Å². The Bertz CT molecular complexity index is 1190. The molecular formula is C26H29N3O3. The number of aromatic nitrogens is 2. The molecule has 4 rings (SSSR count). The molecular weight excluding hydrogens is 402 g/mol. The van der Waals surface area contributed by atoms with Crippen LogP contribution in [0, 0.1) is 0 Å². The molecule has 3 aromatic rings. The smallest absolute Gasteiger partial charge is 0.338 e. The Morgan fingerprint density at radius 3 is 2.69 bits per heavy atom. The normalized spacial score (nSPS) is 14.7. The minimum Gasteiger partial charge on any atom is -0.461 e. The molecule has 166 valence electrons. The maximum Gasteiger partial charge on any atom is 0.338 e. The van der Waals surface area contributed by atoms with Gasteiger partial charge in [-0.1, -0.05) is 44.2 Å². The van der Waals surface area contributed by atoms with Crippen molar-refractivity contribution in [3.8, 4) is 0 Å². The first-order chi connectivity index (χ1) is 15.6. The molecule has 0 unspecified atom stereocenters. The minimum atomic E-state index is -0.390. The van der Waals surface area contributed by atoms with E-state index in [0.717, 1.165) is 37.1 Å². The van der Waals surface area contributed by atoms with Crippen LogP contribution < -0.4 is 5.56 Å². The second-order valence-corrected chi connectivity index (χ2v) is 7.97. The topological polar surface area (TPSA) is 64.4 Å². The third-order valence-corrected chi connectivity index (χ3v) is 5.98. The largest absolute Gasteiger partial charge is 0.461 e. The third-order valence-electron chi connectivity index (χ3n) is 5.98. The fourth-order valence-corrected chi connectivity index (χ4v) is 4.12. The van der Waals surface area contributed by atoms with Crippen molar-refractivity contribution in [3.05, 3.63) is 75.8 Å². The second kappa shape index (κ2) is 9.92. The van der Waals surface area contributed by atoms with Crippen LogP contribution in [0.2, 0.25) is 0 Å². The summed E-state index contributed by atoms with van der Waals surface area (Å²) in [5.41, 5.74) is 2.99. The number of hydrogen-bond acceptors (Lipinski definition) is 5. The Morgan fingerprint density at radius 1 is 1.16 bits per heavy atom. The van der Waals surface area contributed by atoms with Crippen molar-refractivity contribution >= 4 is 28.5 Å². The summed E-state index contributed by atoms with van der Waals surface area (Å²) in [5.74, 6) is 0.295. The highest BCUT2D eigenvalue weighted by Gasteiger charge is 2.20. The molecule has 2 heterocycles. The molecule has 1 aliphatic heterocycles. The standard InChI is InChI=1S/C26H29N3O3/c1-3-28(4-2)15-16-32-26(31)21-12-13-22-23(18-21)27-24-20(11-8-14-29(24)25(22)30)17-19-9-6-5-7-10-19/h5-7,9-10,12-13,17-18H,3-4,8,11,14-16H2,1-2H3. The molecule has 32 heavy (non-hydrogen) atoms. The van der Waals surface area contributed by atoms with E-state index in [-0.39, 0.29) is 5.56 Å². The van der Waals surface area contributed by atoms with Crippen LogP contribution in [0.4, 0.5) is 0 Å². The molecule has 0 fully saturated rings. The lowest BCUT2D eigenvalue weighted by molar-refractivity contribution is 0.0466. The van der Waals surface area contributed by atoms with Gasteiger partial charge in [0.05, 0.1) is 16.5 Å². The van der Waals surface area contributed by atoms with Crippen LogP contribution in [-0.2, 0) is 11.3 Å². The highest BCUT2D eigenvalue weighted by Crippen LogP contribution is 2.27. The molecule has 0 saturated carbocycles. The molecule has 0 spiro atoms. The first-order valence-corrected chi connectivity index (χ1v) is 11.3. The maximum absolute atomic E-state index is 13.1. The van der Waals surface area contributed by atoms with E-state index in [9.17, 15) is 9.59 Å². The molecule has 1 aromatic heterocycles. The molecule has 0 radical (unpaired) electrons. The van der Waals surface area contributed by atoms with E-state index < -0.39 is 5.97 Å². The van der Waals surface area contributed by atoms with Crippen LogP contribution in [0.5, 0.6) is 0 Å². The van der Waals surface area contributed by atoms with E-state index in [0.29, 0.717) is 42.0 Å². The van der Waals surface area contributed by atoms with Gasteiger partial charge in [0.25, 0.3) is 5.56 Å². The zero-order valence-corrected chi connectivity index (χ0v) is 18.7. The van der Waals surface area contributed by atoms with Crippen LogP contribution in [-0.4, -0.2) is 46.7 Å². The number of nitrogens with zero attached hydrogens (tertiary/aromatic N) is 3. The number of rotatable bonds is 7. The molecule has 0 bridgehead atoms. The second-order valence-electron chi connectivity index (χ2n) is 7.97. The van der Waals surface area contributed by atoms with Crippen LogP contribution >= 0.6 is 0 Å². The van der Waals surface area contributed by atoms with Gasteiger partial charge in [0.2, 0.25) is 0 Å². The van der Waals surface area contributed by atoms with Gasteiger partial charge in [-0.05, 0) is 61.3 Å². The number of fused-ring (bicyclic) bond motifs is 2. The van der Waals surface area contributed by atoms with E-state index in [1.165, 1.54) is 0 Å². The number of carbonyl (C=O) groups is 1. The average molecular weight is 432 g/mol. The molecule has 6 nitrogen and oxygen atoms in total. The summed E-state index contributed by atoms with van der Waals surface area (Å²) in [6, 6.07) is 15.1. The van der Waals surface area contributed by atoms with Gasteiger partial charge in [0.15, 0.2) is 0 Å². The maximum atomic E-state index is 13.1. The first-order valence-electron chi connectivity index (χ1n) is 11.3. The number of allylic oxidation sites excluding steroid dienone is 1. The third kappa shape index (κ3) is 4.65. The van der Waals surface area contributed by atoms with Gasteiger partial charge in [0, 0.05) is 13.1 Å². The quantitative estimate of drug-likeness (QED) is 0.524. The number of ether oxygens (including phenoxy) is 1. The van der Waals surface area contributed by atoms with Crippen LogP contribution in [0.15, 0.2) is 53.3 Å². The first kappa shape index (κ1) is 22.0. The van der Waals surface area contributed by atoms with Gasteiger partial charge in [-0.25, -0.2) is 9.78 Å². The summed E-state index contributed by atoms with van der Waals surface area (Å²) in [4.78, 5) is 32.7. The highest BCUT2D eigenvalue weighted by molar-refractivity contribution is 5.94. The fraction of sp³-hybridized carbons (Fsp3) is 0.346. The lowest BCUT2D eigenvalue weighted by Gasteiger charge is -2.21. The monoisotopic (exact) mass is 431 g/mol. The van der Waals surface area contributed by atoms with E-state index in [2.05, 4.69) is 24.8 Å². The van der Waals surface area contributed by atoms with Crippen molar-refractivity contribution in [3.63, 3.8) is 0 Å². The molecule has 0 aliphatic carbocycles. The van der Waals surface area contributed by atoms with Crippen molar-refractivity contribution in [2.45, 2.75) is 33.2 Å². The Hall–Kier alpha value is -3.25. The lowest BCUT2D eigenvalue weighted by atomic mass is 10.0. The number of benzene rings is 2. The van der Waals surface area contributed by atoms with E-state index in [4.69, 9.17) is 9.72 Å². The van der Waals surface area contributed by atoms with Crippen LogP contribution in [0.3, 0.4) is 0 Å². The number of esters is 1. The molecule has 1 aliphatic rings. The summed E-state index contributed by atoms with van der Waals surface area (Å²) in [6.07, 6.45) is 3.85. The number of likely N-dealkylation sites (N-methyl/N-ethyl adjacent to an activating group) is 1. The summed E-state index contributed by atoms with van der Waals surface area (Å²) < 4.78 is 7.20. The molecule has 0 N–H and O–H groups in total. The van der Waals surface area contributed by atoms with Crippen molar-refractivity contribution in [2.75, 3.05) is 26.2 Å². The predicted octanol–water partition coefficient (Wildman–Crippen LogP) is 4.23. The molecule has 0 amide bonds. The van der Waals surface area contributed by atoms with Crippen molar-refractivity contribution in [2.24, 2.45) is 0 Å². The molecule has 0 atom stereocenters. The molecule has 6 heteroatoms. The van der Waals surface area contributed by atoms with Gasteiger partial charge >= 0.3 is 5.97 Å². The SMILES string of the molecule is CCN(CC)CCOC(=O)c1ccc2c(=O)n3c(nc2c1)C(=Cc1ccccc1)CCC3. The van der Waals surface area contributed by atoms with Crippen molar-refractivity contribution < 1.29 is 9.53 Å². The number of carbonyl (C=O) groups excluding carboxylic acids is 1. The zero-order valence-electron chi connectivity index (χ0n) is 18.7. The summed E-state index contributed by atoms with van der Waals surface area (Å²) >= 11 is 0. The zero-order chi connectivity index (χ0) is 22.5. The van der Waals surface area contributed by atoms with E-state index >= 15 is 0 Å². The summed E-state index contributed by atoms with van der Waals surface area (Å²) in [7, 11) is 0. The van der Waals surface area contributed by atoms with Crippen molar-refractivity contribution in [1.29, 1.82) is 0 Å². The van der Waals surface area contributed by atoms with E-state index in [1.807, 2.05) is 30.3 Å². The Balaban J connectivity index is 1.65. The van der Waals surface area contributed by atoms with Gasteiger partial charge in [-0.2, -0.15) is 0 Å². The Morgan fingerprint density at radius 2 is 1.94 bits per heavy atom. The number of hydrogen-bond donors (Lipinski definition) is 0. The molecule has 0 saturated heterocycles. The molecule has 2 aromatic carbocycles. The summed E-state index contributed by atoms with van der Waals surface area (Å²) in [6.45, 7) is 7.69. The highest BCUT2D eigenvalue weighted by atomic mass is 16.5. The Labute approximate surface area is 188 Å². The van der Waals surface area contributed by atoms with Gasteiger partial charge in [-0.15, -0.1) is 0 Å². The van der Waals surface area contributed by atoms with Gasteiger partial charge in [0.1, 0.15) is 12.4 Å². The van der Waals surface area contributed by atoms with Crippen LogP contribution in [0.1, 0.15) is 48.4 Å². The minimum absolute atomic E-state index is 0.0647. The Kier molecular flexibility index (Phi) is 6.81. The van der Waals surface area contributed by atoms with Gasteiger partial charge in [-0.3, -0.25) is 9.36 Å². The van der Waals surface area contributed by atoms with Gasteiger partial charge < -0.3 is 9.64 Å². The fourth-order valence-electron chi connectivity index (χ4n) is 4.12. The summed E-state index contributed by atoms with van der Waals surface area (Å²) in [5, 5.41) is 0.523. The predicted molar refractivity (Wildman–Crippen MR) is 128 cm³/mol. The van der Waals surface area contributed by atoms with Crippen LogP contribution in [0.25, 0.3) is 22.6 Å².